The van der Waals surface area contributed by atoms with Crippen LogP contribution >= 0.6 is 7.82 Å². The van der Waals surface area contributed by atoms with Crippen molar-refractivity contribution >= 4 is 7.82 Å². The van der Waals surface area contributed by atoms with Gasteiger partial charge in [0.25, 0.3) is 0 Å². The van der Waals surface area contributed by atoms with Gasteiger partial charge in [-0.05, 0) is 18.6 Å². The Hall–Kier alpha value is -0.870. The van der Waals surface area contributed by atoms with E-state index in [0.717, 1.165) is 19.3 Å². The van der Waals surface area contributed by atoms with Crippen molar-refractivity contribution in [3.8, 4) is 5.75 Å². The summed E-state index contributed by atoms with van der Waals surface area (Å²) in [6, 6.07) is 9.20. The number of phosphoric ester groups is 1. The van der Waals surface area contributed by atoms with Gasteiger partial charge in [0.05, 0.1) is 0 Å². The summed E-state index contributed by atoms with van der Waals surface area (Å²) >= 11 is 0. The third kappa shape index (κ3) is 11.3. The van der Waals surface area contributed by atoms with Gasteiger partial charge in [0, 0.05) is 0 Å². The van der Waals surface area contributed by atoms with Crippen LogP contribution in [0.5, 0.6) is 5.75 Å². The molecular weight excluding hydrogens is 315 g/mol. The maximum absolute atomic E-state index is 11.1. The summed E-state index contributed by atoms with van der Waals surface area (Å²) in [5.74, 6) is 0.673. The zero-order valence-corrected chi connectivity index (χ0v) is 14.8. The molecule has 1 aromatic carbocycles. The van der Waals surface area contributed by atoms with Gasteiger partial charge in [-0.3, -0.25) is 4.52 Å². The molecule has 1 rings (SSSR count). The molecule has 0 aliphatic rings. The van der Waals surface area contributed by atoms with Gasteiger partial charge in [0.1, 0.15) is 18.5 Å². The van der Waals surface area contributed by atoms with E-state index in [1.807, 2.05) is 30.3 Å². The molecule has 0 aromatic heterocycles. The highest BCUT2D eigenvalue weighted by Gasteiger charge is 2.22. The minimum absolute atomic E-state index is 0.144. The molecule has 1 aromatic rings. The predicted octanol–water partition coefficient (Wildman–Crippen LogP) is 4.68. The van der Waals surface area contributed by atoms with Crippen molar-refractivity contribution in [1.82, 2.24) is 0 Å². The Balaban J connectivity index is 2.30. The second-order valence-electron chi connectivity index (χ2n) is 5.75. The molecule has 0 heterocycles. The number of benzene rings is 1. The summed E-state index contributed by atoms with van der Waals surface area (Å²) in [5, 5.41) is 0. The molecule has 0 radical (unpaired) electrons. The van der Waals surface area contributed by atoms with Crippen LogP contribution in [0.25, 0.3) is 0 Å². The number of hydrogen-bond acceptors (Lipinski definition) is 3. The van der Waals surface area contributed by atoms with E-state index in [-0.39, 0.29) is 6.61 Å². The van der Waals surface area contributed by atoms with Crippen LogP contribution in [0.3, 0.4) is 0 Å². The topological polar surface area (TPSA) is 76.0 Å². The van der Waals surface area contributed by atoms with Gasteiger partial charge in [0.2, 0.25) is 0 Å². The molecule has 0 fully saturated rings. The first-order chi connectivity index (χ1) is 11.0. The Morgan fingerprint density at radius 3 is 2.22 bits per heavy atom. The molecule has 0 saturated heterocycles. The molecule has 0 amide bonds. The molecule has 1 unspecified atom stereocenters. The van der Waals surface area contributed by atoms with Crippen molar-refractivity contribution in [2.24, 2.45) is 0 Å². The highest BCUT2D eigenvalue weighted by atomic mass is 31.2. The fourth-order valence-corrected chi connectivity index (χ4v) is 2.95. The minimum atomic E-state index is -4.49. The number of phosphoric acid groups is 1. The Labute approximate surface area is 139 Å². The summed E-state index contributed by atoms with van der Waals surface area (Å²) in [4.78, 5) is 18.0. The maximum atomic E-state index is 11.1. The van der Waals surface area contributed by atoms with Gasteiger partial charge in [-0.15, -0.1) is 0 Å². The molecule has 0 saturated carbocycles. The van der Waals surface area contributed by atoms with Crippen LogP contribution in [-0.2, 0) is 9.09 Å². The van der Waals surface area contributed by atoms with Crippen molar-refractivity contribution in [3.05, 3.63) is 30.3 Å². The van der Waals surface area contributed by atoms with Crippen LogP contribution in [-0.4, -0.2) is 22.5 Å². The second-order valence-corrected chi connectivity index (χ2v) is 6.94. The zero-order chi connectivity index (χ0) is 17.0. The molecule has 0 bridgehead atoms. The zero-order valence-electron chi connectivity index (χ0n) is 13.9. The van der Waals surface area contributed by atoms with Gasteiger partial charge in [-0.2, -0.15) is 0 Å². The minimum Gasteiger partial charge on any atom is -0.491 e. The molecule has 6 heteroatoms. The number of ether oxygens (including phenoxy) is 1. The fourth-order valence-electron chi connectivity index (χ4n) is 2.40. The van der Waals surface area contributed by atoms with E-state index in [4.69, 9.17) is 19.0 Å². The molecule has 0 spiro atoms. The maximum Gasteiger partial charge on any atom is 0.469 e. The van der Waals surface area contributed by atoms with Crippen LogP contribution in [0.4, 0.5) is 0 Å². The summed E-state index contributed by atoms with van der Waals surface area (Å²) in [7, 11) is -4.49. The largest absolute Gasteiger partial charge is 0.491 e. The van der Waals surface area contributed by atoms with E-state index in [9.17, 15) is 4.57 Å². The van der Waals surface area contributed by atoms with Crippen LogP contribution in [0.15, 0.2) is 30.3 Å². The van der Waals surface area contributed by atoms with Crippen molar-refractivity contribution in [2.75, 3.05) is 6.61 Å². The number of para-hydroxylation sites is 1. The number of rotatable bonds is 13. The average molecular weight is 344 g/mol. The molecule has 2 N–H and O–H groups in total. The Morgan fingerprint density at radius 2 is 1.61 bits per heavy atom. The predicted molar refractivity (Wildman–Crippen MR) is 91.5 cm³/mol. The van der Waals surface area contributed by atoms with E-state index in [0.29, 0.717) is 12.2 Å². The lowest BCUT2D eigenvalue weighted by atomic mass is 10.1. The van der Waals surface area contributed by atoms with Gasteiger partial charge >= 0.3 is 7.82 Å². The first-order valence-corrected chi connectivity index (χ1v) is 9.96. The lowest BCUT2D eigenvalue weighted by Crippen LogP contribution is -2.20. The average Bonchev–Trinajstić information content (AvgIpc) is 2.51. The number of unbranched alkanes of at least 4 members (excludes halogenated alkanes) is 6. The Morgan fingerprint density at radius 1 is 1.00 bits per heavy atom. The molecular formula is C17H29O5P. The van der Waals surface area contributed by atoms with Gasteiger partial charge < -0.3 is 14.5 Å². The highest BCUT2D eigenvalue weighted by Crippen LogP contribution is 2.38. The van der Waals surface area contributed by atoms with Crippen LogP contribution in [0.1, 0.15) is 58.3 Å². The second kappa shape index (κ2) is 11.6. The Bertz CT molecular complexity index is 446. The smallest absolute Gasteiger partial charge is 0.469 e. The lowest BCUT2D eigenvalue weighted by molar-refractivity contribution is 0.0818. The summed E-state index contributed by atoms with van der Waals surface area (Å²) < 4.78 is 21.5. The monoisotopic (exact) mass is 344 g/mol. The lowest BCUT2D eigenvalue weighted by Gasteiger charge is -2.18. The van der Waals surface area contributed by atoms with Crippen molar-refractivity contribution < 1.29 is 23.6 Å². The molecule has 0 aliphatic heterocycles. The van der Waals surface area contributed by atoms with E-state index in [1.54, 1.807) is 0 Å². The first-order valence-electron chi connectivity index (χ1n) is 8.43. The van der Waals surface area contributed by atoms with Crippen molar-refractivity contribution in [2.45, 2.75) is 64.4 Å². The van der Waals surface area contributed by atoms with Crippen LogP contribution < -0.4 is 4.74 Å². The van der Waals surface area contributed by atoms with Crippen molar-refractivity contribution in [1.29, 1.82) is 0 Å². The summed E-state index contributed by atoms with van der Waals surface area (Å²) in [6.07, 6.45) is 8.07. The molecule has 5 nitrogen and oxygen atoms in total. The van der Waals surface area contributed by atoms with Crippen molar-refractivity contribution in [3.63, 3.8) is 0 Å². The normalized spacial score (nSPS) is 13.0. The third-order valence-electron chi connectivity index (χ3n) is 3.60. The third-order valence-corrected chi connectivity index (χ3v) is 4.17. The van der Waals surface area contributed by atoms with Crippen LogP contribution in [0.2, 0.25) is 0 Å². The fraction of sp³-hybridized carbons (Fsp3) is 0.647. The molecule has 23 heavy (non-hydrogen) atoms. The van der Waals surface area contributed by atoms with E-state index < -0.39 is 13.9 Å². The Kier molecular flexibility index (Phi) is 10.2. The van der Waals surface area contributed by atoms with Gasteiger partial charge in [-0.1, -0.05) is 70.1 Å². The molecule has 132 valence electrons. The van der Waals surface area contributed by atoms with E-state index in [2.05, 4.69) is 6.92 Å². The standard InChI is InChI=1S/C17H29O5P/c1-2-3-4-5-6-7-9-14-17(22-23(18,19)20)15-21-16-12-10-8-11-13-16/h8,10-13,17H,2-7,9,14-15H2,1H3,(H2,18,19,20). The van der Waals surface area contributed by atoms with Gasteiger partial charge in [-0.25, -0.2) is 4.57 Å². The van der Waals surface area contributed by atoms with E-state index >= 15 is 0 Å². The van der Waals surface area contributed by atoms with Gasteiger partial charge in [0.15, 0.2) is 0 Å². The SMILES string of the molecule is CCCCCCCCCC(COc1ccccc1)OP(=O)(O)O. The summed E-state index contributed by atoms with van der Waals surface area (Å²) in [6.45, 7) is 2.34. The van der Waals surface area contributed by atoms with Crippen LogP contribution in [0, 0.1) is 0 Å². The highest BCUT2D eigenvalue weighted by molar-refractivity contribution is 7.46. The number of hydrogen-bond donors (Lipinski definition) is 2. The first kappa shape index (κ1) is 20.2. The van der Waals surface area contributed by atoms with E-state index in [1.165, 1.54) is 25.7 Å². The summed E-state index contributed by atoms with van der Waals surface area (Å²) in [5.41, 5.74) is 0. The molecule has 1 atom stereocenters. The molecule has 0 aliphatic carbocycles. The quantitative estimate of drug-likeness (QED) is 0.401.